The fourth-order valence-corrected chi connectivity index (χ4v) is 2.07. The molecule has 0 saturated carbocycles. The Morgan fingerprint density at radius 3 is 2.47 bits per heavy atom. The molecular weight excluding hydrogens is 248 g/mol. The first-order valence-electron chi connectivity index (χ1n) is 6.48. The number of carbonyl (C=O) groups is 3. The molecule has 1 unspecified atom stereocenters. The Bertz CT molecular complexity index is 390. The standard InChI is InChI=1S/C13H22N2O4/c1-8(2)15-6-5-9(11(15)17)14-10(16)7-13(3,4)12(18)19/h8-9H,5-7H2,1-4H3,(H,14,16)(H,18,19). The average Bonchev–Trinajstić information content (AvgIpc) is 2.59. The van der Waals surface area contributed by atoms with E-state index in [4.69, 9.17) is 5.11 Å². The van der Waals surface area contributed by atoms with Crippen LogP contribution in [-0.4, -0.2) is 46.4 Å². The molecule has 1 aliphatic rings. The van der Waals surface area contributed by atoms with Crippen LogP contribution in [0.2, 0.25) is 0 Å². The van der Waals surface area contributed by atoms with E-state index in [-0.39, 0.29) is 18.4 Å². The van der Waals surface area contributed by atoms with E-state index in [1.54, 1.807) is 4.90 Å². The van der Waals surface area contributed by atoms with Crippen molar-refractivity contribution >= 4 is 17.8 Å². The molecule has 0 spiro atoms. The van der Waals surface area contributed by atoms with Crippen LogP contribution in [-0.2, 0) is 14.4 Å². The summed E-state index contributed by atoms with van der Waals surface area (Å²) in [4.78, 5) is 36.4. The highest BCUT2D eigenvalue weighted by Crippen LogP contribution is 2.21. The molecule has 1 fully saturated rings. The maximum absolute atomic E-state index is 12.0. The lowest BCUT2D eigenvalue weighted by Crippen LogP contribution is -2.44. The summed E-state index contributed by atoms with van der Waals surface area (Å²) in [7, 11) is 0. The fraction of sp³-hybridized carbons (Fsp3) is 0.769. The Morgan fingerprint density at radius 1 is 1.47 bits per heavy atom. The number of carbonyl (C=O) groups excluding carboxylic acids is 2. The molecule has 1 saturated heterocycles. The Hall–Kier alpha value is -1.59. The quantitative estimate of drug-likeness (QED) is 0.766. The zero-order chi connectivity index (χ0) is 14.8. The lowest BCUT2D eigenvalue weighted by atomic mass is 9.89. The number of rotatable bonds is 5. The van der Waals surface area contributed by atoms with Crippen LogP contribution in [0.3, 0.4) is 0 Å². The average molecular weight is 270 g/mol. The van der Waals surface area contributed by atoms with Crippen LogP contribution in [0, 0.1) is 5.41 Å². The van der Waals surface area contributed by atoms with E-state index in [1.165, 1.54) is 13.8 Å². The largest absolute Gasteiger partial charge is 0.481 e. The highest BCUT2D eigenvalue weighted by atomic mass is 16.4. The molecule has 6 nitrogen and oxygen atoms in total. The van der Waals surface area contributed by atoms with Gasteiger partial charge in [-0.25, -0.2) is 0 Å². The number of hydrogen-bond donors (Lipinski definition) is 2. The van der Waals surface area contributed by atoms with Gasteiger partial charge in [-0.05, 0) is 34.1 Å². The van der Waals surface area contributed by atoms with Crippen molar-refractivity contribution in [1.82, 2.24) is 10.2 Å². The molecule has 0 aliphatic carbocycles. The van der Waals surface area contributed by atoms with Gasteiger partial charge in [-0.3, -0.25) is 14.4 Å². The minimum Gasteiger partial charge on any atom is -0.481 e. The number of amides is 2. The van der Waals surface area contributed by atoms with Gasteiger partial charge >= 0.3 is 5.97 Å². The van der Waals surface area contributed by atoms with E-state index in [0.29, 0.717) is 13.0 Å². The summed E-state index contributed by atoms with van der Waals surface area (Å²) in [5.41, 5.74) is -1.12. The number of nitrogens with zero attached hydrogens (tertiary/aromatic N) is 1. The number of hydrogen-bond acceptors (Lipinski definition) is 3. The van der Waals surface area contributed by atoms with Crippen molar-refractivity contribution in [2.75, 3.05) is 6.54 Å². The van der Waals surface area contributed by atoms with Gasteiger partial charge in [0.25, 0.3) is 0 Å². The summed E-state index contributed by atoms with van der Waals surface area (Å²) >= 11 is 0. The molecule has 1 aliphatic heterocycles. The number of carboxylic acids is 1. The second-order valence-corrected chi connectivity index (χ2v) is 5.90. The van der Waals surface area contributed by atoms with Gasteiger partial charge in [0, 0.05) is 19.0 Å². The van der Waals surface area contributed by atoms with E-state index >= 15 is 0 Å². The molecule has 19 heavy (non-hydrogen) atoms. The minimum atomic E-state index is -1.12. The predicted octanol–water partition coefficient (Wildman–Crippen LogP) is 0.613. The number of carboxylic acid groups (broad SMARTS) is 1. The van der Waals surface area contributed by atoms with E-state index in [9.17, 15) is 14.4 Å². The van der Waals surface area contributed by atoms with Crippen LogP contribution in [0.25, 0.3) is 0 Å². The Labute approximate surface area is 113 Å². The molecule has 2 amide bonds. The fourth-order valence-electron chi connectivity index (χ4n) is 2.07. The maximum atomic E-state index is 12.0. The summed E-state index contributed by atoms with van der Waals surface area (Å²) < 4.78 is 0. The Kier molecular flexibility index (Phi) is 4.55. The van der Waals surface area contributed by atoms with Crippen LogP contribution >= 0.6 is 0 Å². The lowest BCUT2D eigenvalue weighted by Gasteiger charge is -2.22. The van der Waals surface area contributed by atoms with Crippen molar-refractivity contribution in [3.63, 3.8) is 0 Å². The molecule has 0 aromatic rings. The molecule has 0 aromatic carbocycles. The van der Waals surface area contributed by atoms with Crippen molar-refractivity contribution in [2.24, 2.45) is 5.41 Å². The monoisotopic (exact) mass is 270 g/mol. The third kappa shape index (κ3) is 3.68. The minimum absolute atomic E-state index is 0.0866. The van der Waals surface area contributed by atoms with Gasteiger partial charge in [0.15, 0.2) is 0 Å². The van der Waals surface area contributed by atoms with Gasteiger partial charge < -0.3 is 15.3 Å². The SMILES string of the molecule is CC(C)N1CCC(NC(=O)CC(C)(C)C(=O)O)C1=O. The Morgan fingerprint density at radius 2 is 2.05 bits per heavy atom. The molecule has 1 atom stereocenters. The van der Waals surface area contributed by atoms with Crippen LogP contribution in [0.4, 0.5) is 0 Å². The second-order valence-electron chi connectivity index (χ2n) is 5.90. The smallest absolute Gasteiger partial charge is 0.309 e. The van der Waals surface area contributed by atoms with Gasteiger partial charge in [0.05, 0.1) is 5.41 Å². The summed E-state index contributed by atoms with van der Waals surface area (Å²) in [6.45, 7) is 7.46. The van der Waals surface area contributed by atoms with E-state index in [1.807, 2.05) is 13.8 Å². The highest BCUT2D eigenvalue weighted by molar-refractivity contribution is 5.91. The Balaban J connectivity index is 2.55. The predicted molar refractivity (Wildman–Crippen MR) is 69.4 cm³/mol. The van der Waals surface area contributed by atoms with Crippen LogP contribution in [0.1, 0.15) is 40.5 Å². The molecule has 6 heteroatoms. The molecule has 108 valence electrons. The molecular formula is C13H22N2O4. The van der Waals surface area contributed by atoms with Crippen molar-refractivity contribution in [3.8, 4) is 0 Å². The van der Waals surface area contributed by atoms with Gasteiger partial charge in [-0.1, -0.05) is 0 Å². The van der Waals surface area contributed by atoms with Gasteiger partial charge in [0.1, 0.15) is 6.04 Å². The van der Waals surface area contributed by atoms with Gasteiger partial charge in [-0.15, -0.1) is 0 Å². The van der Waals surface area contributed by atoms with Crippen molar-refractivity contribution in [3.05, 3.63) is 0 Å². The number of nitrogens with one attached hydrogen (secondary N) is 1. The van der Waals surface area contributed by atoms with E-state index < -0.39 is 23.3 Å². The van der Waals surface area contributed by atoms with Crippen molar-refractivity contribution in [1.29, 1.82) is 0 Å². The summed E-state index contributed by atoms with van der Waals surface area (Å²) in [5, 5.41) is 11.6. The highest BCUT2D eigenvalue weighted by Gasteiger charge is 2.36. The lowest BCUT2D eigenvalue weighted by molar-refractivity contribution is -0.149. The third-order valence-electron chi connectivity index (χ3n) is 3.38. The maximum Gasteiger partial charge on any atom is 0.309 e. The van der Waals surface area contributed by atoms with Crippen molar-refractivity contribution in [2.45, 2.75) is 52.6 Å². The van der Waals surface area contributed by atoms with Crippen LogP contribution < -0.4 is 5.32 Å². The summed E-state index contributed by atoms with van der Waals surface area (Å²) in [6.07, 6.45) is 0.448. The first-order valence-corrected chi connectivity index (χ1v) is 6.48. The van der Waals surface area contributed by atoms with Crippen LogP contribution in [0.5, 0.6) is 0 Å². The van der Waals surface area contributed by atoms with E-state index in [0.717, 1.165) is 0 Å². The zero-order valence-corrected chi connectivity index (χ0v) is 11.9. The topological polar surface area (TPSA) is 86.7 Å². The third-order valence-corrected chi connectivity index (χ3v) is 3.38. The second kappa shape index (κ2) is 5.59. The normalized spacial score (nSPS) is 19.9. The molecule has 0 aromatic heterocycles. The summed E-state index contributed by atoms with van der Waals surface area (Å²) in [5.74, 6) is -1.50. The molecule has 0 radical (unpaired) electrons. The molecule has 0 bridgehead atoms. The zero-order valence-electron chi connectivity index (χ0n) is 11.9. The first kappa shape index (κ1) is 15.5. The number of aliphatic carboxylic acids is 1. The van der Waals surface area contributed by atoms with Gasteiger partial charge in [0.2, 0.25) is 11.8 Å². The van der Waals surface area contributed by atoms with E-state index in [2.05, 4.69) is 5.32 Å². The van der Waals surface area contributed by atoms with Gasteiger partial charge in [-0.2, -0.15) is 0 Å². The molecule has 1 rings (SSSR count). The molecule has 1 heterocycles. The number of likely N-dealkylation sites (tertiary alicyclic amines) is 1. The summed E-state index contributed by atoms with van der Waals surface area (Å²) in [6, 6.07) is -0.399. The first-order chi connectivity index (χ1) is 8.65. The molecule has 2 N–H and O–H groups in total. The van der Waals surface area contributed by atoms with Crippen LogP contribution in [0.15, 0.2) is 0 Å². The van der Waals surface area contributed by atoms with Crippen molar-refractivity contribution < 1.29 is 19.5 Å².